The Kier molecular flexibility index (Phi) is 5.15. The average molecular weight is 209 g/mol. The first-order valence-corrected chi connectivity index (χ1v) is 5.19. The standard InChI is InChI=1S/C12H19NO2/c1-10(9-15-2)7-13-12-5-3-11(8-14)4-6-12/h3-6,10,13-14H,7-9H2,1-2H3. The summed E-state index contributed by atoms with van der Waals surface area (Å²) in [5.41, 5.74) is 2.01. The molecule has 0 radical (unpaired) electrons. The van der Waals surface area contributed by atoms with Gasteiger partial charge in [0.1, 0.15) is 0 Å². The van der Waals surface area contributed by atoms with Gasteiger partial charge in [0.25, 0.3) is 0 Å². The second-order valence-corrected chi connectivity index (χ2v) is 3.80. The summed E-state index contributed by atoms with van der Waals surface area (Å²) in [4.78, 5) is 0. The smallest absolute Gasteiger partial charge is 0.0681 e. The lowest BCUT2D eigenvalue weighted by atomic mass is 10.2. The quantitative estimate of drug-likeness (QED) is 0.751. The Morgan fingerprint density at radius 3 is 2.53 bits per heavy atom. The van der Waals surface area contributed by atoms with E-state index in [2.05, 4.69) is 12.2 Å². The molecule has 84 valence electrons. The van der Waals surface area contributed by atoms with Crippen molar-refractivity contribution >= 4 is 5.69 Å². The minimum absolute atomic E-state index is 0.0976. The number of ether oxygens (including phenoxy) is 1. The molecule has 0 aliphatic heterocycles. The van der Waals surface area contributed by atoms with Crippen molar-refractivity contribution in [1.82, 2.24) is 0 Å². The van der Waals surface area contributed by atoms with Crippen molar-refractivity contribution in [3.63, 3.8) is 0 Å². The minimum atomic E-state index is 0.0976. The Balaban J connectivity index is 2.37. The summed E-state index contributed by atoms with van der Waals surface area (Å²) >= 11 is 0. The molecule has 0 saturated heterocycles. The highest BCUT2D eigenvalue weighted by atomic mass is 16.5. The predicted octanol–water partition coefficient (Wildman–Crippen LogP) is 1.87. The van der Waals surface area contributed by atoms with Crippen LogP contribution in [0, 0.1) is 5.92 Å². The van der Waals surface area contributed by atoms with Gasteiger partial charge in [-0.15, -0.1) is 0 Å². The van der Waals surface area contributed by atoms with Crippen molar-refractivity contribution in [3.05, 3.63) is 29.8 Å². The van der Waals surface area contributed by atoms with Gasteiger partial charge in [0.2, 0.25) is 0 Å². The molecule has 0 bridgehead atoms. The fraction of sp³-hybridized carbons (Fsp3) is 0.500. The molecule has 15 heavy (non-hydrogen) atoms. The molecule has 0 heterocycles. The number of aliphatic hydroxyl groups excluding tert-OH is 1. The molecule has 1 atom stereocenters. The number of hydrogen-bond donors (Lipinski definition) is 2. The Bertz CT molecular complexity index is 271. The zero-order valence-electron chi connectivity index (χ0n) is 9.36. The monoisotopic (exact) mass is 209 g/mol. The van der Waals surface area contributed by atoms with Crippen molar-refractivity contribution < 1.29 is 9.84 Å². The summed E-state index contributed by atoms with van der Waals surface area (Å²) in [5.74, 6) is 0.493. The molecular formula is C12H19NO2. The molecule has 0 fully saturated rings. The van der Waals surface area contributed by atoms with E-state index in [1.165, 1.54) is 0 Å². The van der Waals surface area contributed by atoms with E-state index in [4.69, 9.17) is 9.84 Å². The van der Waals surface area contributed by atoms with Gasteiger partial charge in [0.05, 0.1) is 13.2 Å². The van der Waals surface area contributed by atoms with Crippen LogP contribution in [0.25, 0.3) is 0 Å². The molecule has 0 saturated carbocycles. The molecule has 1 unspecified atom stereocenters. The van der Waals surface area contributed by atoms with Crippen LogP contribution < -0.4 is 5.32 Å². The summed E-state index contributed by atoms with van der Waals surface area (Å²) in [6, 6.07) is 7.79. The first-order chi connectivity index (χ1) is 7.26. The third kappa shape index (κ3) is 4.32. The second-order valence-electron chi connectivity index (χ2n) is 3.80. The lowest BCUT2D eigenvalue weighted by Crippen LogP contribution is -2.15. The van der Waals surface area contributed by atoms with Crippen LogP contribution in [0.15, 0.2) is 24.3 Å². The van der Waals surface area contributed by atoms with Gasteiger partial charge in [-0.1, -0.05) is 19.1 Å². The molecule has 0 spiro atoms. The number of anilines is 1. The van der Waals surface area contributed by atoms with E-state index in [0.717, 1.165) is 24.4 Å². The molecule has 0 aliphatic rings. The van der Waals surface area contributed by atoms with Crippen LogP contribution in [-0.2, 0) is 11.3 Å². The number of aliphatic hydroxyl groups is 1. The summed E-state index contributed by atoms with van der Waals surface area (Å²) in [6.45, 7) is 3.90. The van der Waals surface area contributed by atoms with Gasteiger partial charge in [-0.2, -0.15) is 0 Å². The number of benzene rings is 1. The van der Waals surface area contributed by atoms with Crippen LogP contribution in [0.4, 0.5) is 5.69 Å². The van der Waals surface area contributed by atoms with E-state index in [9.17, 15) is 0 Å². The zero-order chi connectivity index (χ0) is 11.1. The zero-order valence-corrected chi connectivity index (χ0v) is 9.36. The summed E-state index contributed by atoms with van der Waals surface area (Å²) < 4.78 is 5.06. The average Bonchev–Trinajstić information content (AvgIpc) is 2.27. The fourth-order valence-electron chi connectivity index (χ4n) is 1.36. The number of hydrogen-bond acceptors (Lipinski definition) is 3. The van der Waals surface area contributed by atoms with Gasteiger partial charge in [0, 0.05) is 19.3 Å². The largest absolute Gasteiger partial charge is 0.392 e. The number of rotatable bonds is 6. The summed E-state index contributed by atoms with van der Waals surface area (Å²) in [5, 5.41) is 12.2. The number of methoxy groups -OCH3 is 1. The van der Waals surface area contributed by atoms with Crippen LogP contribution in [-0.4, -0.2) is 25.4 Å². The molecule has 1 rings (SSSR count). The molecule has 3 nitrogen and oxygen atoms in total. The topological polar surface area (TPSA) is 41.5 Å². The van der Waals surface area contributed by atoms with Crippen molar-refractivity contribution in [1.29, 1.82) is 0 Å². The minimum Gasteiger partial charge on any atom is -0.392 e. The van der Waals surface area contributed by atoms with Crippen molar-refractivity contribution in [2.75, 3.05) is 25.6 Å². The third-order valence-electron chi connectivity index (χ3n) is 2.24. The lowest BCUT2D eigenvalue weighted by molar-refractivity contribution is 0.164. The maximum Gasteiger partial charge on any atom is 0.0681 e. The Morgan fingerprint density at radius 2 is 2.00 bits per heavy atom. The van der Waals surface area contributed by atoms with Gasteiger partial charge < -0.3 is 15.2 Å². The van der Waals surface area contributed by atoms with Crippen molar-refractivity contribution in [2.24, 2.45) is 5.92 Å². The van der Waals surface area contributed by atoms with Crippen LogP contribution in [0.3, 0.4) is 0 Å². The molecule has 1 aromatic carbocycles. The molecular weight excluding hydrogens is 190 g/mol. The fourth-order valence-corrected chi connectivity index (χ4v) is 1.36. The van der Waals surface area contributed by atoms with E-state index < -0.39 is 0 Å². The first kappa shape index (κ1) is 12.0. The number of nitrogens with one attached hydrogen (secondary N) is 1. The molecule has 3 heteroatoms. The highest BCUT2D eigenvalue weighted by Gasteiger charge is 2.00. The van der Waals surface area contributed by atoms with E-state index in [1.807, 2.05) is 24.3 Å². The molecule has 0 aromatic heterocycles. The summed E-state index contributed by atoms with van der Waals surface area (Å²) in [6.07, 6.45) is 0. The maximum absolute atomic E-state index is 8.88. The van der Waals surface area contributed by atoms with Gasteiger partial charge >= 0.3 is 0 Å². The SMILES string of the molecule is COCC(C)CNc1ccc(CO)cc1. The molecule has 1 aromatic rings. The van der Waals surface area contributed by atoms with E-state index in [0.29, 0.717) is 5.92 Å². The van der Waals surface area contributed by atoms with Gasteiger partial charge in [-0.25, -0.2) is 0 Å². The second kappa shape index (κ2) is 6.43. The van der Waals surface area contributed by atoms with Crippen molar-refractivity contribution in [3.8, 4) is 0 Å². The van der Waals surface area contributed by atoms with Crippen LogP contribution in [0.1, 0.15) is 12.5 Å². The van der Waals surface area contributed by atoms with E-state index >= 15 is 0 Å². The molecule has 2 N–H and O–H groups in total. The van der Waals surface area contributed by atoms with Gasteiger partial charge in [0.15, 0.2) is 0 Å². The first-order valence-electron chi connectivity index (χ1n) is 5.19. The highest BCUT2D eigenvalue weighted by Crippen LogP contribution is 2.10. The van der Waals surface area contributed by atoms with Gasteiger partial charge in [-0.3, -0.25) is 0 Å². The van der Waals surface area contributed by atoms with E-state index in [1.54, 1.807) is 7.11 Å². The van der Waals surface area contributed by atoms with Crippen LogP contribution in [0.5, 0.6) is 0 Å². The van der Waals surface area contributed by atoms with Gasteiger partial charge in [-0.05, 0) is 23.6 Å². The Hall–Kier alpha value is -1.06. The molecule has 0 amide bonds. The summed E-state index contributed by atoms with van der Waals surface area (Å²) in [7, 11) is 1.71. The Labute approximate surface area is 91.1 Å². The van der Waals surface area contributed by atoms with Crippen LogP contribution >= 0.6 is 0 Å². The lowest BCUT2D eigenvalue weighted by Gasteiger charge is -2.12. The predicted molar refractivity (Wildman–Crippen MR) is 61.9 cm³/mol. The third-order valence-corrected chi connectivity index (χ3v) is 2.24. The van der Waals surface area contributed by atoms with Crippen LogP contribution in [0.2, 0.25) is 0 Å². The normalized spacial score (nSPS) is 12.5. The highest BCUT2D eigenvalue weighted by molar-refractivity contribution is 5.44. The molecule has 0 aliphatic carbocycles. The maximum atomic E-state index is 8.88. The Morgan fingerprint density at radius 1 is 1.33 bits per heavy atom. The van der Waals surface area contributed by atoms with Crippen molar-refractivity contribution in [2.45, 2.75) is 13.5 Å². The van der Waals surface area contributed by atoms with E-state index in [-0.39, 0.29) is 6.61 Å².